The van der Waals surface area contributed by atoms with Crippen LogP contribution in [0.15, 0.2) is 0 Å². The molecule has 0 N–H and O–H groups in total. The summed E-state index contributed by atoms with van der Waals surface area (Å²) in [6, 6.07) is 0.320. The third-order valence-corrected chi connectivity index (χ3v) is 2.93. The van der Waals surface area contributed by atoms with Crippen LogP contribution in [0, 0.1) is 5.92 Å². The molecule has 6 heteroatoms. The van der Waals surface area contributed by atoms with Crippen molar-refractivity contribution in [3.63, 3.8) is 0 Å². The van der Waals surface area contributed by atoms with Gasteiger partial charge in [0.25, 0.3) is 6.47 Å². The summed E-state index contributed by atoms with van der Waals surface area (Å²) in [5.41, 5.74) is -0.471. The molecule has 1 aliphatic rings. The van der Waals surface area contributed by atoms with Crippen molar-refractivity contribution in [1.82, 2.24) is 4.90 Å². The summed E-state index contributed by atoms with van der Waals surface area (Å²) >= 11 is 0. The molecule has 0 aliphatic carbocycles. The highest BCUT2D eigenvalue weighted by molar-refractivity contribution is 5.81. The van der Waals surface area contributed by atoms with Crippen LogP contribution in [0.3, 0.4) is 0 Å². The van der Waals surface area contributed by atoms with Crippen LogP contribution < -0.4 is 0 Å². The van der Waals surface area contributed by atoms with Crippen LogP contribution in [0.5, 0.6) is 0 Å². The summed E-state index contributed by atoms with van der Waals surface area (Å²) < 4.78 is 9.03. The molecular weight excluding hydrogens is 358 g/mol. The molecule has 1 aliphatic heterocycles. The minimum atomic E-state index is -0.471. The van der Waals surface area contributed by atoms with Crippen molar-refractivity contribution in [2.75, 3.05) is 13.7 Å². The highest BCUT2D eigenvalue weighted by Gasteiger charge is 2.25. The van der Waals surface area contributed by atoms with E-state index in [9.17, 15) is 9.59 Å². The number of rotatable bonds is 4. The Hall–Kier alpha value is -1.59. The van der Waals surface area contributed by atoms with Gasteiger partial charge in [0.15, 0.2) is 0 Å². The highest BCUT2D eigenvalue weighted by atomic mass is 16.6. The van der Waals surface area contributed by atoms with Crippen LogP contribution in [-0.2, 0) is 23.9 Å². The van der Waals surface area contributed by atoms with E-state index in [4.69, 9.17) is 9.53 Å². The zero-order chi connectivity index (χ0) is 22.0. The van der Waals surface area contributed by atoms with E-state index >= 15 is 0 Å². The van der Waals surface area contributed by atoms with Crippen LogP contribution in [0.1, 0.15) is 95.4 Å². The number of carbonyl (C=O) groups excluding carboxylic acids is 3. The smallest absolute Gasteiger partial charge is 0.306 e. The van der Waals surface area contributed by atoms with Crippen molar-refractivity contribution in [2.45, 2.75) is 107 Å². The lowest BCUT2D eigenvalue weighted by Crippen LogP contribution is -2.34. The number of hydrogen-bond donors (Lipinski definition) is 0. The van der Waals surface area contributed by atoms with E-state index in [0.717, 1.165) is 25.3 Å². The van der Waals surface area contributed by atoms with Crippen LogP contribution >= 0.6 is 0 Å². The zero-order valence-corrected chi connectivity index (χ0v) is 19.3. The quantitative estimate of drug-likeness (QED) is 0.473. The first kappa shape index (κ1) is 34.0. The summed E-state index contributed by atoms with van der Waals surface area (Å²) in [5, 5.41) is 0. The molecule has 1 saturated heterocycles. The summed E-state index contributed by atoms with van der Waals surface area (Å²) in [7, 11) is 1.31. The van der Waals surface area contributed by atoms with Gasteiger partial charge in [0.05, 0.1) is 13.5 Å². The molecule has 0 spiro atoms. The zero-order valence-electron chi connectivity index (χ0n) is 19.3. The summed E-state index contributed by atoms with van der Waals surface area (Å²) in [6.45, 7) is 19.2. The fourth-order valence-electron chi connectivity index (χ4n) is 2.05. The molecule has 1 amide bonds. The van der Waals surface area contributed by atoms with E-state index in [1.807, 2.05) is 39.5 Å². The molecule has 28 heavy (non-hydrogen) atoms. The number of methoxy groups -OCH3 is 1. The number of ether oxygens (including phenoxy) is 2. The van der Waals surface area contributed by atoms with Crippen LogP contribution in [0.4, 0.5) is 0 Å². The lowest BCUT2D eigenvalue weighted by Gasteiger charge is -2.22. The van der Waals surface area contributed by atoms with Gasteiger partial charge in [0.2, 0.25) is 5.91 Å². The van der Waals surface area contributed by atoms with Crippen molar-refractivity contribution < 1.29 is 23.9 Å². The van der Waals surface area contributed by atoms with Gasteiger partial charge >= 0.3 is 5.97 Å². The average Bonchev–Trinajstić information content (AvgIpc) is 2.99. The summed E-state index contributed by atoms with van der Waals surface area (Å²) in [5.74, 6) is 0.610. The highest BCUT2D eigenvalue weighted by Crippen LogP contribution is 2.18. The normalized spacial score (nSPS) is 14.7. The van der Waals surface area contributed by atoms with Gasteiger partial charge in [0.1, 0.15) is 5.60 Å². The van der Waals surface area contributed by atoms with Crippen LogP contribution in [0.25, 0.3) is 0 Å². The van der Waals surface area contributed by atoms with E-state index in [-0.39, 0.29) is 32.1 Å². The fourth-order valence-corrected chi connectivity index (χ4v) is 2.05. The van der Waals surface area contributed by atoms with E-state index in [0.29, 0.717) is 12.5 Å². The fraction of sp³-hybridized carbons (Fsp3) is 0.864. The molecule has 1 fully saturated rings. The Balaban J connectivity index is -0.000000220. The first-order valence-electron chi connectivity index (χ1n) is 9.92. The third kappa shape index (κ3) is 24.4. The first-order valence-corrected chi connectivity index (χ1v) is 9.92. The Bertz CT molecular complexity index is 386. The number of esters is 1. The van der Waals surface area contributed by atoms with Gasteiger partial charge in [-0.2, -0.15) is 0 Å². The topological polar surface area (TPSA) is 72.9 Å². The van der Waals surface area contributed by atoms with Crippen molar-refractivity contribution in [3.05, 3.63) is 0 Å². The minimum absolute atomic E-state index is 0. The summed E-state index contributed by atoms with van der Waals surface area (Å²) in [6.07, 6.45) is 2.58. The number of carbonyl (C=O) groups is 3. The molecule has 0 aromatic carbocycles. The predicted octanol–water partition coefficient (Wildman–Crippen LogP) is 5.23. The number of hydrogen-bond acceptors (Lipinski definition) is 5. The van der Waals surface area contributed by atoms with E-state index in [1.54, 1.807) is 0 Å². The lowest BCUT2D eigenvalue weighted by molar-refractivity contribution is -0.156. The molecule has 170 valence electrons. The van der Waals surface area contributed by atoms with Gasteiger partial charge in [-0.1, -0.05) is 42.0 Å². The predicted molar refractivity (Wildman–Crippen MR) is 117 cm³/mol. The molecular formula is C22H47NO5. The van der Waals surface area contributed by atoms with E-state index in [1.165, 1.54) is 7.11 Å². The third-order valence-electron chi connectivity index (χ3n) is 2.93. The number of likely N-dealkylation sites (tertiary alicyclic amines) is 1. The van der Waals surface area contributed by atoms with Gasteiger partial charge in [0, 0.05) is 19.0 Å². The Morgan fingerprint density at radius 3 is 1.86 bits per heavy atom. The molecule has 0 aromatic heterocycles. The molecule has 0 bridgehead atoms. The Kier molecular flexibility index (Phi) is 24.4. The summed E-state index contributed by atoms with van der Waals surface area (Å²) in [4.78, 5) is 34.1. The van der Waals surface area contributed by atoms with E-state index in [2.05, 4.69) is 32.4 Å². The first-order chi connectivity index (χ1) is 12.4. The molecule has 0 radical (unpaired) electrons. The molecule has 0 saturated carbocycles. The van der Waals surface area contributed by atoms with Crippen molar-refractivity contribution >= 4 is 18.3 Å². The van der Waals surface area contributed by atoms with Crippen molar-refractivity contribution in [2.24, 2.45) is 5.92 Å². The Morgan fingerprint density at radius 1 is 1.14 bits per heavy atom. The van der Waals surface area contributed by atoms with Gasteiger partial charge in [-0.3, -0.25) is 14.4 Å². The standard InChI is InChI=1S/C13H23NO3.C4H10.C2H4O2.C2H6.CH4/c1-10-6-5-9-14(10)11(15)7-8-12(16)17-13(2,3)4;1-4(2)3;1-4-2-3;1-2;/h10H,5-9H2,1-4H3;4H,1-3H3;2H,1H3;1-2H3;1H4/t10-;;;;/m1..../s1. The van der Waals surface area contributed by atoms with Crippen molar-refractivity contribution in [3.8, 4) is 0 Å². The SMILES string of the molecule is C.CC.CC(C)C.COC=O.C[C@@H]1CCCN1C(=O)CCC(=O)OC(C)(C)C. The Labute approximate surface area is 174 Å². The van der Waals surface area contributed by atoms with Crippen LogP contribution in [-0.4, -0.2) is 48.5 Å². The molecule has 1 rings (SSSR count). The lowest BCUT2D eigenvalue weighted by atomic mass is 10.2. The second-order valence-corrected chi connectivity index (χ2v) is 7.73. The average molecular weight is 406 g/mol. The van der Waals surface area contributed by atoms with Gasteiger partial charge < -0.3 is 14.4 Å². The van der Waals surface area contributed by atoms with Gasteiger partial charge in [-0.15, -0.1) is 0 Å². The maximum absolute atomic E-state index is 11.8. The second kappa shape index (κ2) is 20.2. The van der Waals surface area contributed by atoms with Gasteiger partial charge in [-0.05, 0) is 46.5 Å². The Morgan fingerprint density at radius 2 is 1.57 bits per heavy atom. The van der Waals surface area contributed by atoms with Crippen LogP contribution in [0.2, 0.25) is 0 Å². The van der Waals surface area contributed by atoms with Crippen molar-refractivity contribution in [1.29, 1.82) is 0 Å². The number of amides is 1. The molecule has 6 nitrogen and oxygen atoms in total. The van der Waals surface area contributed by atoms with Gasteiger partial charge in [-0.25, -0.2) is 0 Å². The molecule has 1 atom stereocenters. The maximum atomic E-state index is 11.8. The second-order valence-electron chi connectivity index (χ2n) is 7.73. The molecule has 1 heterocycles. The largest absolute Gasteiger partial charge is 0.471 e. The maximum Gasteiger partial charge on any atom is 0.306 e. The number of nitrogens with zero attached hydrogens (tertiary/aromatic N) is 1. The monoisotopic (exact) mass is 405 g/mol. The molecule has 0 unspecified atom stereocenters. The minimum Gasteiger partial charge on any atom is -0.471 e. The van der Waals surface area contributed by atoms with E-state index < -0.39 is 5.60 Å². The molecule has 0 aromatic rings.